The number of allylic oxidation sites excluding steroid dienone is 2. The zero-order valence-corrected chi connectivity index (χ0v) is 25.7. The second kappa shape index (κ2) is 16.1. The van der Waals surface area contributed by atoms with Crippen molar-refractivity contribution in [1.82, 2.24) is 5.32 Å². The first kappa shape index (κ1) is 35.8. The third kappa shape index (κ3) is 8.97. The molecule has 0 amide bonds. The van der Waals surface area contributed by atoms with Crippen LogP contribution in [0.5, 0.6) is 11.5 Å². The SMILES string of the molecule is COC(=O)C1=C(C)N=C(C(F)(F)F)C(=C(O)OC)C1c1cc([N+](=O)[O-])ccc1OCCCCNC[C@H](O)COc1ccccc1C. The number of carbonyl (C=O) groups is 1. The van der Waals surface area contributed by atoms with Crippen molar-refractivity contribution in [1.29, 1.82) is 0 Å². The second-order valence-corrected chi connectivity index (χ2v) is 10.3. The Morgan fingerprint density at radius 3 is 2.43 bits per heavy atom. The first-order valence-electron chi connectivity index (χ1n) is 14.2. The minimum Gasteiger partial charge on any atom is -0.493 e. The Balaban J connectivity index is 1.77. The molecule has 1 aliphatic rings. The van der Waals surface area contributed by atoms with Gasteiger partial charge in [0, 0.05) is 29.9 Å². The van der Waals surface area contributed by atoms with E-state index in [2.05, 4.69) is 10.3 Å². The fourth-order valence-electron chi connectivity index (χ4n) is 4.79. The number of esters is 1. The molecule has 0 radical (unpaired) electrons. The van der Waals surface area contributed by atoms with Crippen LogP contribution in [0, 0.1) is 17.0 Å². The summed E-state index contributed by atoms with van der Waals surface area (Å²) in [6.07, 6.45) is -4.84. The summed E-state index contributed by atoms with van der Waals surface area (Å²) >= 11 is 0. The number of nitrogens with one attached hydrogen (secondary N) is 1. The predicted molar refractivity (Wildman–Crippen MR) is 161 cm³/mol. The van der Waals surface area contributed by atoms with E-state index < -0.39 is 57.6 Å². The lowest BCUT2D eigenvalue weighted by Crippen LogP contribution is -2.34. The van der Waals surface area contributed by atoms with E-state index in [1.54, 1.807) is 0 Å². The van der Waals surface area contributed by atoms with E-state index >= 15 is 0 Å². The van der Waals surface area contributed by atoms with Crippen LogP contribution in [0.3, 0.4) is 0 Å². The summed E-state index contributed by atoms with van der Waals surface area (Å²) in [5.41, 5.74) is -2.99. The minimum atomic E-state index is -5.10. The molecule has 0 aliphatic carbocycles. The number of hydrogen-bond acceptors (Lipinski definition) is 11. The monoisotopic (exact) mass is 651 g/mol. The first-order chi connectivity index (χ1) is 21.8. The normalized spacial score (nSPS) is 16.8. The number of unbranched alkanes of at least 4 members (excludes halogenated alkanes) is 1. The second-order valence-electron chi connectivity index (χ2n) is 10.3. The number of alkyl halides is 3. The highest BCUT2D eigenvalue weighted by Gasteiger charge is 2.49. The number of aryl methyl sites for hydroxylation is 1. The summed E-state index contributed by atoms with van der Waals surface area (Å²) in [7, 11) is 1.93. The number of hydrogen-bond donors (Lipinski definition) is 3. The molecular weight excluding hydrogens is 615 g/mol. The van der Waals surface area contributed by atoms with E-state index in [1.807, 2.05) is 31.2 Å². The van der Waals surface area contributed by atoms with Crippen LogP contribution in [0.4, 0.5) is 18.9 Å². The number of aliphatic imine (C=N–C) groups is 1. The maximum atomic E-state index is 14.2. The number of benzene rings is 2. The molecule has 1 unspecified atom stereocenters. The molecule has 2 atom stereocenters. The lowest BCUT2D eigenvalue weighted by Gasteiger charge is -2.30. The summed E-state index contributed by atoms with van der Waals surface area (Å²) in [6.45, 7) is 3.97. The van der Waals surface area contributed by atoms with Crippen molar-refractivity contribution in [2.75, 3.05) is 40.5 Å². The summed E-state index contributed by atoms with van der Waals surface area (Å²) in [5.74, 6) is -3.38. The van der Waals surface area contributed by atoms with Crippen LogP contribution in [0.15, 0.2) is 70.2 Å². The molecule has 0 bridgehead atoms. The highest BCUT2D eigenvalue weighted by Crippen LogP contribution is 2.47. The van der Waals surface area contributed by atoms with E-state index in [0.717, 1.165) is 38.8 Å². The smallest absolute Gasteiger partial charge is 0.433 e. The van der Waals surface area contributed by atoms with Crippen LogP contribution in [0.25, 0.3) is 0 Å². The molecule has 0 spiro atoms. The number of ether oxygens (including phenoxy) is 4. The van der Waals surface area contributed by atoms with Crippen LogP contribution < -0.4 is 14.8 Å². The number of non-ortho nitro benzene ring substituents is 1. The van der Waals surface area contributed by atoms with Gasteiger partial charge in [0.05, 0.1) is 42.8 Å². The number of nitrogens with zero attached hydrogens (tertiary/aromatic N) is 2. The van der Waals surface area contributed by atoms with Crippen molar-refractivity contribution < 1.29 is 52.0 Å². The van der Waals surface area contributed by atoms with Gasteiger partial charge in [0.15, 0.2) is 5.71 Å². The summed E-state index contributed by atoms with van der Waals surface area (Å²) in [4.78, 5) is 27.3. The first-order valence-corrected chi connectivity index (χ1v) is 14.2. The van der Waals surface area contributed by atoms with Gasteiger partial charge in [-0.1, -0.05) is 18.2 Å². The van der Waals surface area contributed by atoms with Gasteiger partial charge in [-0.25, -0.2) is 9.79 Å². The molecule has 1 heterocycles. The van der Waals surface area contributed by atoms with Gasteiger partial charge in [0.1, 0.15) is 24.2 Å². The number of halogens is 3. The number of carbonyl (C=O) groups excluding carboxylic acids is 1. The maximum absolute atomic E-state index is 14.2. The van der Waals surface area contributed by atoms with Crippen molar-refractivity contribution in [3.63, 3.8) is 0 Å². The highest BCUT2D eigenvalue weighted by molar-refractivity contribution is 6.10. The van der Waals surface area contributed by atoms with E-state index in [4.69, 9.17) is 18.9 Å². The number of para-hydroxylation sites is 1. The predicted octanol–water partition coefficient (Wildman–Crippen LogP) is 5.06. The van der Waals surface area contributed by atoms with Gasteiger partial charge in [0.2, 0.25) is 0 Å². The maximum Gasteiger partial charge on any atom is 0.433 e. The Kier molecular flexibility index (Phi) is 12.5. The quantitative estimate of drug-likeness (QED) is 0.0781. The number of nitro groups is 1. The van der Waals surface area contributed by atoms with Gasteiger partial charge in [-0.15, -0.1) is 0 Å². The third-order valence-electron chi connectivity index (χ3n) is 7.02. The highest BCUT2D eigenvalue weighted by atomic mass is 19.4. The molecule has 0 saturated carbocycles. The molecule has 2 aromatic rings. The van der Waals surface area contributed by atoms with Gasteiger partial charge < -0.3 is 34.5 Å². The molecular formula is C31H36F3N3O9. The van der Waals surface area contributed by atoms with Crippen LogP contribution >= 0.6 is 0 Å². The molecule has 3 rings (SSSR count). The number of rotatable bonds is 15. The lowest BCUT2D eigenvalue weighted by molar-refractivity contribution is -0.384. The van der Waals surface area contributed by atoms with Crippen molar-refractivity contribution in [3.05, 3.63) is 86.5 Å². The molecule has 1 aliphatic heterocycles. The van der Waals surface area contributed by atoms with Gasteiger partial charge >= 0.3 is 12.1 Å². The Hall–Kier alpha value is -4.63. The molecule has 15 heteroatoms. The van der Waals surface area contributed by atoms with Crippen LogP contribution in [0.2, 0.25) is 0 Å². The number of methoxy groups -OCH3 is 2. The van der Waals surface area contributed by atoms with E-state index in [-0.39, 0.29) is 36.8 Å². The number of aliphatic hydroxyl groups excluding tert-OH is 2. The van der Waals surface area contributed by atoms with Gasteiger partial charge in [0.25, 0.3) is 11.6 Å². The largest absolute Gasteiger partial charge is 0.493 e. The summed E-state index contributed by atoms with van der Waals surface area (Å²) in [6, 6.07) is 10.7. The van der Waals surface area contributed by atoms with Gasteiger partial charge in [-0.05, 0) is 50.9 Å². The van der Waals surface area contributed by atoms with Gasteiger partial charge in [-0.3, -0.25) is 10.1 Å². The van der Waals surface area contributed by atoms with Crippen molar-refractivity contribution in [2.45, 2.75) is 44.9 Å². The van der Waals surface area contributed by atoms with Crippen LogP contribution in [-0.2, 0) is 14.3 Å². The van der Waals surface area contributed by atoms with Crippen LogP contribution in [-0.4, -0.2) is 79.6 Å². The Bertz CT molecular complexity index is 1510. The molecule has 12 nitrogen and oxygen atoms in total. The average Bonchev–Trinajstić information content (AvgIpc) is 3.02. The average molecular weight is 652 g/mol. The zero-order valence-electron chi connectivity index (χ0n) is 25.7. The van der Waals surface area contributed by atoms with E-state index in [1.165, 1.54) is 6.07 Å². The Morgan fingerprint density at radius 2 is 1.80 bits per heavy atom. The molecule has 2 aromatic carbocycles. The number of nitro benzene ring substituents is 1. The van der Waals surface area contributed by atoms with Crippen molar-refractivity contribution in [2.24, 2.45) is 4.99 Å². The van der Waals surface area contributed by atoms with Crippen LogP contribution in [0.1, 0.15) is 36.8 Å². The molecule has 46 heavy (non-hydrogen) atoms. The third-order valence-corrected chi connectivity index (χ3v) is 7.02. The summed E-state index contributed by atoms with van der Waals surface area (Å²) in [5, 5.41) is 35.5. The molecule has 0 saturated heterocycles. The Labute approximate surface area is 263 Å². The molecule has 0 fully saturated rings. The Morgan fingerprint density at radius 1 is 1.09 bits per heavy atom. The van der Waals surface area contributed by atoms with Gasteiger partial charge in [-0.2, -0.15) is 13.2 Å². The zero-order chi connectivity index (χ0) is 34.0. The lowest BCUT2D eigenvalue weighted by atomic mass is 9.79. The fraction of sp³-hybridized carbons (Fsp3) is 0.419. The molecule has 250 valence electrons. The summed E-state index contributed by atoms with van der Waals surface area (Å²) < 4.78 is 63.6. The van der Waals surface area contributed by atoms with Crippen molar-refractivity contribution >= 4 is 17.4 Å². The molecule has 3 N–H and O–H groups in total. The standard InChI is InChI=1S/C31H36F3N3O9/c1-18-9-5-6-10-23(18)46-17-21(38)16-35-13-7-8-14-45-24-12-11-20(37(41)42)15-22(24)26-25(29(39)43-3)19(2)36-28(31(32,33)34)27(26)30(40)44-4/h5-6,9-12,15,21,26,35,38,40H,7-8,13-14,16-17H2,1-4H3/t21-,26?/m0/s1. The molecule has 0 aromatic heterocycles. The minimum absolute atomic E-state index is 0.0456. The van der Waals surface area contributed by atoms with Crippen molar-refractivity contribution in [3.8, 4) is 11.5 Å². The van der Waals surface area contributed by atoms with E-state index in [0.29, 0.717) is 25.1 Å². The topological polar surface area (TPSA) is 162 Å². The number of aliphatic hydroxyl groups is 2. The fourth-order valence-corrected chi connectivity index (χ4v) is 4.79. The van der Waals surface area contributed by atoms with E-state index in [9.17, 15) is 38.3 Å².